The lowest BCUT2D eigenvalue weighted by Crippen LogP contribution is -2.21. The summed E-state index contributed by atoms with van der Waals surface area (Å²) >= 11 is 6.84. The standard InChI is InChI=1S/C20H20N4O2S2/c1-12-9-13(2)22-19(21-12)24-20(27)23-17-16(18(25)26-3)11-15(28-17)10-14-7-5-4-6-8-14/h4-9,11H,10H2,1-3H3,(H2,21,22,23,24,27). The number of hydrogen-bond donors (Lipinski definition) is 2. The Kier molecular flexibility index (Phi) is 6.33. The van der Waals surface area contributed by atoms with Gasteiger partial charge in [0.15, 0.2) is 5.11 Å². The third-order valence-corrected chi connectivity index (χ3v) is 5.10. The van der Waals surface area contributed by atoms with E-state index in [4.69, 9.17) is 17.0 Å². The van der Waals surface area contributed by atoms with Crippen molar-refractivity contribution in [2.45, 2.75) is 20.3 Å². The van der Waals surface area contributed by atoms with E-state index in [9.17, 15) is 4.79 Å². The Hall–Kier alpha value is -2.84. The molecule has 0 saturated carbocycles. The van der Waals surface area contributed by atoms with Gasteiger partial charge in [0.2, 0.25) is 5.95 Å². The topological polar surface area (TPSA) is 76.1 Å². The maximum Gasteiger partial charge on any atom is 0.340 e. The van der Waals surface area contributed by atoms with Crippen molar-refractivity contribution < 1.29 is 9.53 Å². The van der Waals surface area contributed by atoms with Crippen LogP contribution in [-0.2, 0) is 11.2 Å². The number of nitrogens with one attached hydrogen (secondary N) is 2. The number of esters is 1. The van der Waals surface area contributed by atoms with E-state index in [1.807, 2.05) is 56.3 Å². The maximum atomic E-state index is 12.2. The van der Waals surface area contributed by atoms with E-state index in [-0.39, 0.29) is 0 Å². The van der Waals surface area contributed by atoms with Gasteiger partial charge in [-0.3, -0.25) is 0 Å². The lowest BCUT2D eigenvalue weighted by atomic mass is 10.1. The highest BCUT2D eigenvalue weighted by molar-refractivity contribution is 7.80. The summed E-state index contributed by atoms with van der Waals surface area (Å²) in [5, 5.41) is 6.98. The van der Waals surface area contributed by atoms with Gasteiger partial charge in [-0.1, -0.05) is 30.3 Å². The van der Waals surface area contributed by atoms with Crippen molar-refractivity contribution in [3.8, 4) is 0 Å². The van der Waals surface area contributed by atoms with Crippen LogP contribution in [0.1, 0.15) is 32.2 Å². The maximum absolute atomic E-state index is 12.2. The Bertz CT molecular complexity index is 982. The average Bonchev–Trinajstić information content (AvgIpc) is 3.03. The fourth-order valence-electron chi connectivity index (χ4n) is 2.70. The van der Waals surface area contributed by atoms with Crippen molar-refractivity contribution in [1.29, 1.82) is 0 Å². The summed E-state index contributed by atoms with van der Waals surface area (Å²) in [5.41, 5.74) is 3.30. The number of thiocarbonyl (C=S) groups is 1. The SMILES string of the molecule is COC(=O)c1cc(Cc2ccccc2)sc1NC(=S)Nc1nc(C)cc(C)n1. The first-order chi connectivity index (χ1) is 13.4. The molecular weight excluding hydrogens is 392 g/mol. The Balaban J connectivity index is 1.79. The number of methoxy groups -OCH3 is 1. The van der Waals surface area contributed by atoms with E-state index in [2.05, 4.69) is 20.6 Å². The molecule has 0 fully saturated rings. The van der Waals surface area contributed by atoms with Crippen molar-refractivity contribution in [3.05, 3.63) is 69.9 Å². The van der Waals surface area contributed by atoms with Crippen LogP contribution in [-0.4, -0.2) is 28.2 Å². The minimum Gasteiger partial charge on any atom is -0.465 e. The van der Waals surface area contributed by atoms with Gasteiger partial charge < -0.3 is 15.4 Å². The fraction of sp³-hybridized carbons (Fsp3) is 0.200. The van der Waals surface area contributed by atoms with Crippen LogP contribution in [0.2, 0.25) is 0 Å². The molecular formula is C20H20N4O2S2. The summed E-state index contributed by atoms with van der Waals surface area (Å²) in [5.74, 6) is -0.000745. The van der Waals surface area contributed by atoms with Gasteiger partial charge in [0.05, 0.1) is 12.7 Å². The van der Waals surface area contributed by atoms with Crippen molar-refractivity contribution >= 4 is 45.6 Å². The third-order valence-electron chi connectivity index (χ3n) is 3.84. The number of carbonyl (C=O) groups excluding carboxylic acids is 1. The summed E-state index contributed by atoms with van der Waals surface area (Å²) in [7, 11) is 1.36. The predicted octanol–water partition coefficient (Wildman–Crippen LogP) is 4.34. The van der Waals surface area contributed by atoms with Gasteiger partial charge in [0.1, 0.15) is 5.00 Å². The second-order valence-electron chi connectivity index (χ2n) is 6.16. The molecule has 8 heteroatoms. The Morgan fingerprint density at radius 1 is 1.11 bits per heavy atom. The van der Waals surface area contributed by atoms with Crippen LogP contribution in [0, 0.1) is 13.8 Å². The molecule has 2 N–H and O–H groups in total. The quantitative estimate of drug-likeness (QED) is 0.477. The van der Waals surface area contributed by atoms with Crippen LogP contribution in [0.4, 0.5) is 10.9 Å². The number of nitrogens with zero attached hydrogens (tertiary/aromatic N) is 2. The van der Waals surface area contributed by atoms with Crippen LogP contribution >= 0.6 is 23.6 Å². The summed E-state index contributed by atoms with van der Waals surface area (Å²) in [6.45, 7) is 3.78. The van der Waals surface area contributed by atoms with Gasteiger partial charge in [-0.2, -0.15) is 0 Å². The molecule has 3 aromatic rings. The number of rotatable bonds is 5. The molecule has 0 saturated heterocycles. The zero-order chi connectivity index (χ0) is 20.1. The summed E-state index contributed by atoms with van der Waals surface area (Å²) in [6.07, 6.45) is 0.720. The molecule has 2 aromatic heterocycles. The number of hydrogen-bond acceptors (Lipinski definition) is 6. The highest BCUT2D eigenvalue weighted by atomic mass is 32.1. The van der Waals surface area contributed by atoms with E-state index in [0.29, 0.717) is 21.6 Å². The number of aromatic nitrogens is 2. The Labute approximate surface area is 173 Å². The first kappa shape index (κ1) is 19.9. The van der Waals surface area contributed by atoms with E-state index in [1.54, 1.807) is 0 Å². The van der Waals surface area contributed by atoms with Crippen LogP contribution in [0.25, 0.3) is 0 Å². The lowest BCUT2D eigenvalue weighted by molar-refractivity contribution is 0.0602. The van der Waals surface area contributed by atoms with Crippen LogP contribution < -0.4 is 10.6 Å². The number of carbonyl (C=O) groups is 1. The molecule has 28 heavy (non-hydrogen) atoms. The first-order valence-electron chi connectivity index (χ1n) is 8.60. The van der Waals surface area contributed by atoms with Gasteiger partial charge in [-0.15, -0.1) is 11.3 Å². The van der Waals surface area contributed by atoms with Gasteiger partial charge in [-0.05, 0) is 43.8 Å². The summed E-state index contributed by atoms with van der Waals surface area (Å²) in [4.78, 5) is 21.8. The fourth-order valence-corrected chi connectivity index (χ4v) is 4.04. The molecule has 0 radical (unpaired) electrons. The normalized spacial score (nSPS) is 10.4. The lowest BCUT2D eigenvalue weighted by Gasteiger charge is -2.10. The van der Waals surface area contributed by atoms with Crippen molar-refractivity contribution in [2.24, 2.45) is 0 Å². The summed E-state index contributed by atoms with van der Waals surface area (Å²) < 4.78 is 4.91. The molecule has 0 aliphatic rings. The van der Waals surface area contributed by atoms with Crippen molar-refractivity contribution in [1.82, 2.24) is 9.97 Å². The minimum atomic E-state index is -0.413. The molecule has 0 aliphatic carbocycles. The molecule has 2 heterocycles. The second-order valence-corrected chi connectivity index (χ2v) is 7.71. The number of ether oxygens (including phenoxy) is 1. The number of benzene rings is 1. The monoisotopic (exact) mass is 412 g/mol. The van der Waals surface area contributed by atoms with Crippen LogP contribution in [0.5, 0.6) is 0 Å². The number of aryl methyl sites for hydroxylation is 2. The molecule has 0 spiro atoms. The molecule has 0 atom stereocenters. The van der Waals surface area contributed by atoms with Crippen molar-refractivity contribution in [2.75, 3.05) is 17.7 Å². The van der Waals surface area contributed by atoms with Gasteiger partial charge >= 0.3 is 5.97 Å². The van der Waals surface area contributed by atoms with E-state index in [0.717, 1.165) is 28.2 Å². The Morgan fingerprint density at radius 3 is 2.43 bits per heavy atom. The van der Waals surface area contributed by atoms with Gasteiger partial charge in [0, 0.05) is 22.7 Å². The van der Waals surface area contributed by atoms with E-state index < -0.39 is 5.97 Å². The minimum absolute atomic E-state index is 0.309. The van der Waals surface area contributed by atoms with Gasteiger partial charge in [-0.25, -0.2) is 14.8 Å². The zero-order valence-corrected chi connectivity index (χ0v) is 17.4. The first-order valence-corrected chi connectivity index (χ1v) is 9.82. The molecule has 144 valence electrons. The molecule has 0 bridgehead atoms. The molecule has 3 rings (SSSR count). The third kappa shape index (κ3) is 5.11. The van der Waals surface area contributed by atoms with Gasteiger partial charge in [0.25, 0.3) is 0 Å². The summed E-state index contributed by atoms with van der Waals surface area (Å²) in [6, 6.07) is 13.8. The predicted molar refractivity (Wildman–Crippen MR) is 116 cm³/mol. The largest absolute Gasteiger partial charge is 0.465 e. The highest BCUT2D eigenvalue weighted by Gasteiger charge is 2.18. The van der Waals surface area contributed by atoms with E-state index >= 15 is 0 Å². The second kappa shape index (κ2) is 8.90. The molecule has 0 amide bonds. The highest BCUT2D eigenvalue weighted by Crippen LogP contribution is 2.30. The average molecular weight is 413 g/mol. The van der Waals surface area contributed by atoms with E-state index in [1.165, 1.54) is 18.4 Å². The number of anilines is 2. The zero-order valence-electron chi connectivity index (χ0n) is 15.8. The molecule has 1 aromatic carbocycles. The molecule has 0 unspecified atom stereocenters. The number of thiophene rings is 1. The van der Waals surface area contributed by atoms with Crippen LogP contribution in [0.3, 0.4) is 0 Å². The van der Waals surface area contributed by atoms with Crippen LogP contribution in [0.15, 0.2) is 42.5 Å². The Morgan fingerprint density at radius 2 is 1.79 bits per heavy atom. The molecule has 0 aliphatic heterocycles. The smallest absolute Gasteiger partial charge is 0.340 e. The van der Waals surface area contributed by atoms with Crippen molar-refractivity contribution in [3.63, 3.8) is 0 Å². The molecule has 6 nitrogen and oxygen atoms in total.